The SMILES string of the molecule is C=CC(=O)NC1CN(c2ccc(OC(F)(F)F)cc2)C2CC[N+](=O)N2C1. The van der Waals surface area contributed by atoms with Gasteiger partial charge in [-0.2, -0.15) is 0 Å². The van der Waals surface area contributed by atoms with Gasteiger partial charge in [-0.05, 0) is 30.3 Å². The largest absolute Gasteiger partial charge is 0.573 e. The van der Waals surface area contributed by atoms with Crippen LogP contribution in [0.5, 0.6) is 5.75 Å². The molecule has 0 aliphatic carbocycles. The Morgan fingerprint density at radius 1 is 1.31 bits per heavy atom. The van der Waals surface area contributed by atoms with Gasteiger partial charge in [-0.15, -0.1) is 18.2 Å². The Morgan fingerprint density at radius 3 is 2.62 bits per heavy atom. The highest BCUT2D eigenvalue weighted by molar-refractivity contribution is 5.87. The van der Waals surface area contributed by atoms with E-state index in [0.717, 1.165) is 10.9 Å². The van der Waals surface area contributed by atoms with Crippen LogP contribution < -0.4 is 15.0 Å². The summed E-state index contributed by atoms with van der Waals surface area (Å²) in [6.45, 7) is 4.51. The average molecular weight is 371 g/mol. The summed E-state index contributed by atoms with van der Waals surface area (Å²) in [7, 11) is 0. The minimum atomic E-state index is -4.75. The predicted octanol–water partition coefficient (Wildman–Crippen LogP) is 1.80. The maximum atomic E-state index is 12.3. The van der Waals surface area contributed by atoms with Crippen LogP contribution in [0.3, 0.4) is 0 Å². The molecule has 140 valence electrons. The summed E-state index contributed by atoms with van der Waals surface area (Å²) < 4.78 is 40.8. The number of hydrogen-bond donors (Lipinski definition) is 1. The third kappa shape index (κ3) is 3.89. The van der Waals surface area contributed by atoms with Crippen molar-refractivity contribution >= 4 is 11.6 Å². The number of nitrogens with zero attached hydrogens (tertiary/aromatic N) is 3. The summed E-state index contributed by atoms with van der Waals surface area (Å²) in [5.74, 6) is -0.664. The Labute approximate surface area is 147 Å². The molecule has 1 N–H and O–H groups in total. The summed E-state index contributed by atoms with van der Waals surface area (Å²) in [5.41, 5.74) is 0.641. The van der Waals surface area contributed by atoms with Gasteiger partial charge in [0.2, 0.25) is 12.5 Å². The highest BCUT2D eigenvalue weighted by atomic mass is 19.4. The Morgan fingerprint density at radius 2 is 2.00 bits per heavy atom. The van der Waals surface area contributed by atoms with E-state index in [4.69, 9.17) is 0 Å². The molecule has 0 aromatic heterocycles. The molecule has 2 aliphatic rings. The number of halogens is 3. The van der Waals surface area contributed by atoms with E-state index in [2.05, 4.69) is 16.6 Å². The zero-order chi connectivity index (χ0) is 18.9. The maximum Gasteiger partial charge on any atom is 0.573 e. The quantitative estimate of drug-likeness (QED) is 0.646. The second-order valence-corrected chi connectivity index (χ2v) is 6.07. The molecule has 2 atom stereocenters. The molecule has 1 amide bonds. The fourth-order valence-corrected chi connectivity index (χ4v) is 3.29. The number of rotatable bonds is 4. The first kappa shape index (κ1) is 18.0. The molecule has 7 nitrogen and oxygen atoms in total. The van der Waals surface area contributed by atoms with Crippen LogP contribution >= 0.6 is 0 Å². The lowest BCUT2D eigenvalue weighted by Crippen LogP contribution is -2.62. The van der Waals surface area contributed by atoms with Gasteiger partial charge in [0.05, 0.1) is 17.4 Å². The number of hydrazine groups is 1. The maximum absolute atomic E-state index is 12.3. The van der Waals surface area contributed by atoms with Crippen molar-refractivity contribution in [2.45, 2.75) is 25.0 Å². The smallest absolute Gasteiger partial charge is 0.406 e. The van der Waals surface area contributed by atoms with Gasteiger partial charge in [0.25, 0.3) is 0 Å². The lowest BCUT2D eigenvalue weighted by Gasteiger charge is -2.40. The van der Waals surface area contributed by atoms with E-state index >= 15 is 0 Å². The molecular weight excluding hydrogens is 353 g/mol. The Hall–Kier alpha value is -2.78. The van der Waals surface area contributed by atoms with Crippen LogP contribution in [0.1, 0.15) is 6.42 Å². The zero-order valence-electron chi connectivity index (χ0n) is 13.8. The van der Waals surface area contributed by atoms with Crippen molar-refractivity contribution in [3.8, 4) is 5.75 Å². The molecule has 0 spiro atoms. The molecule has 1 aromatic carbocycles. The van der Waals surface area contributed by atoms with E-state index in [1.165, 1.54) is 24.3 Å². The molecular formula is C16H18F3N4O3+. The van der Waals surface area contributed by atoms with Crippen LogP contribution in [0.4, 0.5) is 18.9 Å². The Bertz CT molecular complexity index is 708. The predicted molar refractivity (Wildman–Crippen MR) is 86.2 cm³/mol. The third-order valence-electron chi connectivity index (χ3n) is 4.33. The van der Waals surface area contributed by atoms with Crippen molar-refractivity contribution in [1.29, 1.82) is 0 Å². The molecule has 2 aliphatic heterocycles. The molecule has 0 radical (unpaired) electrons. The fraction of sp³-hybridized carbons (Fsp3) is 0.438. The summed E-state index contributed by atoms with van der Waals surface area (Å²) in [4.78, 5) is 26.4. The third-order valence-corrected chi connectivity index (χ3v) is 4.33. The molecule has 3 rings (SSSR count). The fourth-order valence-electron chi connectivity index (χ4n) is 3.29. The molecule has 2 saturated heterocycles. The minimum absolute atomic E-state index is 0.209. The second-order valence-electron chi connectivity index (χ2n) is 6.07. The van der Waals surface area contributed by atoms with Crippen LogP contribution in [-0.2, 0) is 4.79 Å². The minimum Gasteiger partial charge on any atom is -0.406 e. The highest BCUT2D eigenvalue weighted by Gasteiger charge is 2.47. The van der Waals surface area contributed by atoms with Crippen molar-refractivity contribution in [3.63, 3.8) is 0 Å². The lowest BCUT2D eigenvalue weighted by molar-refractivity contribution is -0.691. The first-order chi connectivity index (χ1) is 12.3. The number of amides is 1. The van der Waals surface area contributed by atoms with Gasteiger partial charge in [-0.3, -0.25) is 4.79 Å². The number of hydrogen-bond acceptors (Lipinski definition) is 4. The zero-order valence-corrected chi connectivity index (χ0v) is 13.8. The lowest BCUT2D eigenvalue weighted by atomic mass is 10.1. The van der Waals surface area contributed by atoms with Crippen LogP contribution in [-0.4, -0.2) is 54.0 Å². The summed E-state index contributed by atoms with van der Waals surface area (Å²) in [5, 5.41) is 4.37. The number of nitrogens with one attached hydrogen (secondary N) is 1. The molecule has 2 heterocycles. The van der Waals surface area contributed by atoms with Crippen LogP contribution in [0.25, 0.3) is 0 Å². The number of benzene rings is 1. The van der Waals surface area contributed by atoms with E-state index in [-0.39, 0.29) is 23.9 Å². The number of ether oxygens (including phenoxy) is 1. The summed E-state index contributed by atoms with van der Waals surface area (Å²) in [6, 6.07) is 5.14. The monoisotopic (exact) mass is 371 g/mol. The molecule has 0 saturated carbocycles. The van der Waals surface area contributed by atoms with Crippen LogP contribution in [0.2, 0.25) is 0 Å². The molecule has 1 aromatic rings. The van der Waals surface area contributed by atoms with Crippen molar-refractivity contribution in [3.05, 3.63) is 41.8 Å². The van der Waals surface area contributed by atoms with Crippen molar-refractivity contribution in [1.82, 2.24) is 10.3 Å². The first-order valence-corrected chi connectivity index (χ1v) is 8.03. The van der Waals surface area contributed by atoms with Crippen LogP contribution in [0, 0.1) is 4.91 Å². The van der Waals surface area contributed by atoms with E-state index in [0.29, 0.717) is 31.7 Å². The van der Waals surface area contributed by atoms with Crippen LogP contribution in [0.15, 0.2) is 36.9 Å². The van der Waals surface area contributed by atoms with Gasteiger partial charge < -0.3 is 15.0 Å². The number of carbonyl (C=O) groups excluding carboxylic acids is 1. The summed E-state index contributed by atoms with van der Waals surface area (Å²) in [6.07, 6.45) is -3.22. The second kappa shape index (κ2) is 6.85. The first-order valence-electron chi connectivity index (χ1n) is 8.03. The molecule has 0 bridgehead atoms. The highest BCUT2D eigenvalue weighted by Crippen LogP contribution is 2.31. The van der Waals surface area contributed by atoms with Crippen molar-refractivity contribution in [2.75, 3.05) is 24.5 Å². The van der Waals surface area contributed by atoms with Gasteiger partial charge >= 0.3 is 6.36 Å². The Kier molecular flexibility index (Phi) is 4.75. The van der Waals surface area contributed by atoms with E-state index < -0.39 is 6.36 Å². The van der Waals surface area contributed by atoms with Gasteiger partial charge in [0.1, 0.15) is 17.2 Å². The van der Waals surface area contributed by atoms with E-state index in [9.17, 15) is 22.9 Å². The normalized spacial score (nSPS) is 22.8. The summed E-state index contributed by atoms with van der Waals surface area (Å²) >= 11 is 0. The number of alkyl halides is 3. The van der Waals surface area contributed by atoms with Gasteiger partial charge in [0, 0.05) is 12.2 Å². The van der Waals surface area contributed by atoms with Crippen molar-refractivity contribution < 1.29 is 27.6 Å². The van der Waals surface area contributed by atoms with Gasteiger partial charge in [-0.25, -0.2) is 0 Å². The number of nitroso groups, excluding NO2 is 1. The molecule has 26 heavy (non-hydrogen) atoms. The molecule has 2 fully saturated rings. The topological polar surface area (TPSA) is 64.9 Å². The van der Waals surface area contributed by atoms with E-state index in [1.807, 2.05) is 4.90 Å². The van der Waals surface area contributed by atoms with Crippen molar-refractivity contribution in [2.24, 2.45) is 0 Å². The molecule has 2 unspecified atom stereocenters. The number of anilines is 1. The number of fused-ring (bicyclic) bond motifs is 1. The molecule has 10 heteroatoms. The van der Waals surface area contributed by atoms with Gasteiger partial charge in [0.15, 0.2) is 6.17 Å². The average Bonchev–Trinajstić information content (AvgIpc) is 2.95. The standard InChI is InChI=1S/C16H17F3N4O3/c1-2-14(24)20-11-9-21(15-7-8-23(25)22(15)10-11)12-3-5-13(6-4-12)26-16(17,18)19/h2-6,11,15H,1,7-10H2/p+1. The van der Waals surface area contributed by atoms with Gasteiger partial charge in [-0.1, -0.05) is 6.58 Å². The number of carbonyl (C=O) groups is 1. The van der Waals surface area contributed by atoms with E-state index in [1.54, 1.807) is 5.01 Å². The Balaban J connectivity index is 1.80.